The number of rotatable bonds is 3. The van der Waals surface area contributed by atoms with E-state index in [1.54, 1.807) is 6.92 Å². The molecule has 0 amide bonds. The van der Waals surface area contributed by atoms with Gasteiger partial charge in [-0.3, -0.25) is 10.1 Å². The van der Waals surface area contributed by atoms with Crippen molar-refractivity contribution in [2.75, 3.05) is 13.6 Å². The Kier molecular flexibility index (Phi) is 3.03. The summed E-state index contributed by atoms with van der Waals surface area (Å²) in [5.41, 5.74) is 0. The van der Waals surface area contributed by atoms with Crippen LogP contribution in [-0.4, -0.2) is 35.5 Å². The highest BCUT2D eigenvalue weighted by Gasteiger charge is 2.26. The number of likely N-dealkylation sites (tertiary alicyclic amines) is 1. The molecule has 0 aromatic heterocycles. The zero-order chi connectivity index (χ0) is 9.14. The Morgan fingerprint density at radius 2 is 2.42 bits per heavy atom. The van der Waals surface area contributed by atoms with E-state index in [9.17, 15) is 10.1 Å². The fraction of sp³-hybridized carbons (Fsp3) is 1.00. The van der Waals surface area contributed by atoms with Crippen molar-refractivity contribution in [1.82, 2.24) is 4.90 Å². The van der Waals surface area contributed by atoms with Crippen LogP contribution >= 0.6 is 0 Å². The van der Waals surface area contributed by atoms with Gasteiger partial charge in [0.05, 0.1) is 0 Å². The van der Waals surface area contributed by atoms with Crippen LogP contribution in [0.15, 0.2) is 0 Å². The number of hydrogen-bond donors (Lipinski definition) is 0. The maximum atomic E-state index is 10.4. The van der Waals surface area contributed by atoms with E-state index in [-0.39, 0.29) is 4.92 Å². The molecule has 2 atom stereocenters. The third-order valence-electron chi connectivity index (χ3n) is 2.64. The van der Waals surface area contributed by atoms with E-state index in [0.29, 0.717) is 12.5 Å². The second-order valence-electron chi connectivity index (χ2n) is 3.65. The summed E-state index contributed by atoms with van der Waals surface area (Å²) in [5.74, 6) is 0. The van der Waals surface area contributed by atoms with Crippen molar-refractivity contribution in [2.24, 2.45) is 0 Å². The average Bonchev–Trinajstić information content (AvgIpc) is 2.36. The van der Waals surface area contributed by atoms with E-state index in [1.165, 1.54) is 6.42 Å². The van der Waals surface area contributed by atoms with Gasteiger partial charge in [-0.05, 0) is 26.4 Å². The molecule has 1 saturated heterocycles. The maximum Gasteiger partial charge on any atom is 0.211 e. The molecule has 0 aliphatic carbocycles. The molecule has 0 radical (unpaired) electrons. The second kappa shape index (κ2) is 3.85. The Balaban J connectivity index is 2.35. The molecule has 1 aliphatic rings. The van der Waals surface area contributed by atoms with Crippen LogP contribution in [0.5, 0.6) is 0 Å². The van der Waals surface area contributed by atoms with Gasteiger partial charge in [-0.1, -0.05) is 0 Å². The van der Waals surface area contributed by atoms with E-state index >= 15 is 0 Å². The SMILES string of the molecule is CC(CC1CCCN1C)[N+](=O)[O-]. The maximum absolute atomic E-state index is 10.4. The molecular formula is C8H16N2O2. The monoisotopic (exact) mass is 172 g/mol. The fourth-order valence-corrected chi connectivity index (χ4v) is 1.76. The Hall–Kier alpha value is -0.640. The number of nitro groups is 1. The molecule has 4 heteroatoms. The molecule has 1 aliphatic heterocycles. The Bertz CT molecular complexity index is 172. The van der Waals surface area contributed by atoms with Crippen molar-refractivity contribution < 1.29 is 4.92 Å². The van der Waals surface area contributed by atoms with Gasteiger partial charge in [0.2, 0.25) is 6.04 Å². The molecule has 0 N–H and O–H groups in total. The lowest BCUT2D eigenvalue weighted by Crippen LogP contribution is -2.30. The number of hydrogen-bond acceptors (Lipinski definition) is 3. The van der Waals surface area contributed by atoms with E-state index in [2.05, 4.69) is 4.90 Å². The molecule has 0 bridgehead atoms. The molecule has 0 spiro atoms. The van der Waals surface area contributed by atoms with Gasteiger partial charge >= 0.3 is 0 Å². The van der Waals surface area contributed by atoms with E-state index in [0.717, 1.165) is 13.0 Å². The minimum Gasteiger partial charge on any atom is -0.303 e. The molecular weight excluding hydrogens is 156 g/mol. The minimum atomic E-state index is -0.393. The van der Waals surface area contributed by atoms with Crippen LogP contribution in [0.2, 0.25) is 0 Å². The van der Waals surface area contributed by atoms with Crippen LogP contribution in [-0.2, 0) is 0 Å². The summed E-state index contributed by atoms with van der Waals surface area (Å²) < 4.78 is 0. The lowest BCUT2D eigenvalue weighted by molar-refractivity contribution is -0.519. The Morgan fingerprint density at radius 3 is 2.83 bits per heavy atom. The summed E-state index contributed by atoms with van der Waals surface area (Å²) in [7, 11) is 2.05. The average molecular weight is 172 g/mol. The summed E-state index contributed by atoms with van der Waals surface area (Å²) in [4.78, 5) is 12.4. The van der Waals surface area contributed by atoms with Crippen LogP contribution in [0.4, 0.5) is 0 Å². The minimum absolute atomic E-state index is 0.188. The lowest BCUT2D eigenvalue weighted by atomic mass is 10.1. The Labute approximate surface area is 72.7 Å². The van der Waals surface area contributed by atoms with Crippen LogP contribution in [0, 0.1) is 10.1 Å². The van der Waals surface area contributed by atoms with Gasteiger partial charge in [0.25, 0.3) is 0 Å². The first-order valence-corrected chi connectivity index (χ1v) is 4.45. The van der Waals surface area contributed by atoms with Gasteiger partial charge in [-0.25, -0.2) is 0 Å². The third kappa shape index (κ3) is 2.17. The number of nitrogens with zero attached hydrogens (tertiary/aromatic N) is 2. The third-order valence-corrected chi connectivity index (χ3v) is 2.64. The van der Waals surface area contributed by atoms with Crippen molar-refractivity contribution in [3.63, 3.8) is 0 Å². The summed E-state index contributed by atoms with van der Waals surface area (Å²) in [6.07, 6.45) is 3.00. The molecule has 0 saturated carbocycles. The largest absolute Gasteiger partial charge is 0.303 e. The molecule has 70 valence electrons. The van der Waals surface area contributed by atoms with E-state index in [4.69, 9.17) is 0 Å². The second-order valence-corrected chi connectivity index (χ2v) is 3.65. The Morgan fingerprint density at radius 1 is 1.75 bits per heavy atom. The van der Waals surface area contributed by atoms with Gasteiger partial charge in [0, 0.05) is 24.3 Å². The van der Waals surface area contributed by atoms with Gasteiger partial charge < -0.3 is 4.90 Å². The van der Waals surface area contributed by atoms with Crippen LogP contribution in [0.1, 0.15) is 26.2 Å². The molecule has 1 rings (SSSR count). The van der Waals surface area contributed by atoms with E-state index in [1.807, 2.05) is 7.05 Å². The first-order chi connectivity index (χ1) is 5.61. The topological polar surface area (TPSA) is 46.4 Å². The van der Waals surface area contributed by atoms with Crippen molar-refractivity contribution in [1.29, 1.82) is 0 Å². The normalized spacial score (nSPS) is 27.3. The molecule has 0 aromatic carbocycles. The molecule has 2 unspecified atom stereocenters. The molecule has 1 fully saturated rings. The van der Waals surface area contributed by atoms with Crippen molar-refractivity contribution in [3.8, 4) is 0 Å². The van der Waals surface area contributed by atoms with Crippen LogP contribution in [0.3, 0.4) is 0 Å². The molecule has 0 aromatic rings. The zero-order valence-corrected chi connectivity index (χ0v) is 7.69. The molecule has 1 heterocycles. The highest BCUT2D eigenvalue weighted by atomic mass is 16.6. The van der Waals surface area contributed by atoms with E-state index < -0.39 is 6.04 Å². The quantitative estimate of drug-likeness (QED) is 0.473. The summed E-state index contributed by atoms with van der Waals surface area (Å²) >= 11 is 0. The predicted molar refractivity (Wildman–Crippen MR) is 46.7 cm³/mol. The van der Waals surface area contributed by atoms with Gasteiger partial charge in [-0.15, -0.1) is 0 Å². The molecule has 4 nitrogen and oxygen atoms in total. The smallest absolute Gasteiger partial charge is 0.211 e. The van der Waals surface area contributed by atoms with Crippen molar-refractivity contribution in [2.45, 2.75) is 38.3 Å². The van der Waals surface area contributed by atoms with Crippen LogP contribution < -0.4 is 0 Å². The van der Waals surface area contributed by atoms with Gasteiger partial charge in [0.15, 0.2) is 0 Å². The summed E-state index contributed by atoms with van der Waals surface area (Å²) in [6.45, 7) is 2.78. The summed E-state index contributed by atoms with van der Waals surface area (Å²) in [6, 6.07) is 0.0425. The van der Waals surface area contributed by atoms with Gasteiger partial charge in [0.1, 0.15) is 0 Å². The summed E-state index contributed by atoms with van der Waals surface area (Å²) in [5, 5.41) is 10.4. The van der Waals surface area contributed by atoms with Gasteiger partial charge in [-0.2, -0.15) is 0 Å². The standard InChI is InChI=1S/C8H16N2O2/c1-7(10(11)12)6-8-4-3-5-9(8)2/h7-8H,3-6H2,1-2H3. The predicted octanol–water partition coefficient (Wildman–Crippen LogP) is 1.14. The molecule has 12 heavy (non-hydrogen) atoms. The van der Waals surface area contributed by atoms with Crippen molar-refractivity contribution in [3.05, 3.63) is 10.1 Å². The first-order valence-electron chi connectivity index (χ1n) is 4.45. The zero-order valence-electron chi connectivity index (χ0n) is 7.69. The van der Waals surface area contributed by atoms with Crippen molar-refractivity contribution >= 4 is 0 Å². The first kappa shape index (κ1) is 9.45. The lowest BCUT2D eigenvalue weighted by Gasteiger charge is -2.19. The fourth-order valence-electron chi connectivity index (χ4n) is 1.76. The highest BCUT2D eigenvalue weighted by molar-refractivity contribution is 4.77. The van der Waals surface area contributed by atoms with Crippen LogP contribution in [0.25, 0.3) is 0 Å². The highest BCUT2D eigenvalue weighted by Crippen LogP contribution is 2.19.